The molecule has 2 rings (SSSR count). The van der Waals surface area contributed by atoms with Crippen LogP contribution in [0, 0.1) is 0 Å². The molecule has 148 valence electrons. The molecule has 0 fully saturated rings. The smallest absolute Gasteiger partial charge is 0.273 e. The average Bonchev–Trinajstić information content (AvgIpc) is 2.98. The maximum absolute atomic E-state index is 12.5. The summed E-state index contributed by atoms with van der Waals surface area (Å²) in [6, 6.07) is 0.919. The fraction of sp³-hybridized carbons (Fsp3) is 0.583. The van der Waals surface area contributed by atoms with E-state index in [-0.39, 0.29) is 14.5 Å². The third-order valence-corrected chi connectivity index (χ3v) is 9.45. The zero-order valence-corrected chi connectivity index (χ0v) is 16.3. The van der Waals surface area contributed by atoms with Crippen LogP contribution < -0.4 is 10.0 Å². The largest absolute Gasteiger partial charge is 0.310 e. The molecule has 1 aromatic heterocycles. The average molecular weight is 429 g/mol. The van der Waals surface area contributed by atoms with Crippen molar-refractivity contribution >= 4 is 37.1 Å². The van der Waals surface area contributed by atoms with Gasteiger partial charge < -0.3 is 5.32 Å². The monoisotopic (exact) mass is 429 g/mol. The number of thiophene rings is 1. The summed E-state index contributed by atoms with van der Waals surface area (Å²) >= 11 is 0.568. The highest BCUT2D eigenvalue weighted by Crippen LogP contribution is 2.42. The number of carbonyl (C=O) groups is 1. The van der Waals surface area contributed by atoms with Gasteiger partial charge in [0, 0.05) is 11.6 Å². The summed E-state index contributed by atoms with van der Waals surface area (Å²) < 4.78 is 51.0. The lowest BCUT2D eigenvalue weighted by Crippen LogP contribution is -2.35. The van der Waals surface area contributed by atoms with Crippen molar-refractivity contribution in [3.63, 3.8) is 0 Å². The Morgan fingerprint density at radius 2 is 2.12 bits per heavy atom. The lowest BCUT2D eigenvalue weighted by Gasteiger charge is -2.27. The van der Waals surface area contributed by atoms with Gasteiger partial charge in [-0.25, -0.2) is 26.4 Å². The van der Waals surface area contributed by atoms with Crippen LogP contribution >= 0.6 is 11.3 Å². The molecule has 1 aliphatic rings. The van der Waals surface area contributed by atoms with E-state index in [0.717, 1.165) is 0 Å². The first-order chi connectivity index (χ1) is 12.0. The Morgan fingerprint density at radius 1 is 1.46 bits per heavy atom. The number of sulfonamides is 1. The Morgan fingerprint density at radius 3 is 2.69 bits per heavy atom. The Labute approximate surface area is 154 Å². The van der Waals surface area contributed by atoms with Crippen LogP contribution in [0.4, 0.5) is 0 Å². The van der Waals surface area contributed by atoms with Gasteiger partial charge in [-0.2, -0.15) is 0 Å². The van der Waals surface area contributed by atoms with Crippen molar-refractivity contribution in [2.24, 2.45) is 0 Å². The van der Waals surface area contributed by atoms with Gasteiger partial charge in [-0.15, -0.1) is 11.3 Å². The highest BCUT2D eigenvalue weighted by Gasteiger charge is 2.39. The first-order valence-corrected chi connectivity index (χ1v) is 11.3. The van der Waals surface area contributed by atoms with Gasteiger partial charge in [0.2, 0.25) is 0 Å². The summed E-state index contributed by atoms with van der Waals surface area (Å²) in [5, 5.41) is 18.4. The summed E-state index contributed by atoms with van der Waals surface area (Å²) in [6.07, 6.45) is 0.308. The normalized spacial score (nSPS) is 22.2. The van der Waals surface area contributed by atoms with Crippen molar-refractivity contribution in [2.45, 2.75) is 40.0 Å². The minimum Gasteiger partial charge on any atom is -0.310 e. The van der Waals surface area contributed by atoms with Crippen molar-refractivity contribution < 1.29 is 36.9 Å². The molecule has 1 amide bonds. The molecule has 2 atom stereocenters. The lowest BCUT2D eigenvalue weighted by atomic mass is 10.1. The molecular weight excluding hydrogens is 410 g/mol. The van der Waals surface area contributed by atoms with Crippen molar-refractivity contribution in [3.05, 3.63) is 11.6 Å². The first-order valence-electron chi connectivity index (χ1n) is 7.46. The van der Waals surface area contributed by atoms with E-state index < -0.39 is 43.0 Å². The number of nitrogens with zero attached hydrogens (tertiary/aromatic N) is 1. The number of fused-ring (bicyclic) bond motifs is 1. The number of carbonyl (C=O) groups excluding carboxylic acids is 1. The third kappa shape index (κ3) is 4.40. The second-order valence-corrected chi connectivity index (χ2v) is 11.1. The van der Waals surface area contributed by atoms with Crippen molar-refractivity contribution in [2.75, 3.05) is 13.2 Å². The van der Waals surface area contributed by atoms with E-state index >= 15 is 0 Å². The number of rotatable bonds is 7. The van der Waals surface area contributed by atoms with Crippen LogP contribution in [0.1, 0.15) is 31.9 Å². The lowest BCUT2D eigenvalue weighted by molar-refractivity contribution is -0.488. The Bertz CT molecular complexity index is 878. The molecule has 2 heterocycles. The summed E-state index contributed by atoms with van der Waals surface area (Å²) in [4.78, 5) is 15.6. The third-order valence-electron chi connectivity index (χ3n) is 3.71. The van der Waals surface area contributed by atoms with Crippen molar-refractivity contribution in [1.82, 2.24) is 15.4 Å². The predicted molar refractivity (Wildman–Crippen MR) is 88.7 cm³/mol. The van der Waals surface area contributed by atoms with Gasteiger partial charge in [0.15, 0.2) is 16.4 Å². The number of nitrogens with one attached hydrogen (secondary N) is 2. The van der Waals surface area contributed by atoms with E-state index in [1.165, 1.54) is 6.07 Å². The molecule has 0 spiro atoms. The van der Waals surface area contributed by atoms with E-state index in [0.29, 0.717) is 29.9 Å². The second kappa shape index (κ2) is 7.85. The van der Waals surface area contributed by atoms with Crippen molar-refractivity contribution in [3.8, 4) is 0 Å². The minimum absolute atomic E-state index is 0.0387. The van der Waals surface area contributed by atoms with Gasteiger partial charge in [-0.05, 0) is 26.0 Å². The van der Waals surface area contributed by atoms with Crippen LogP contribution in [-0.2, 0) is 29.5 Å². The van der Waals surface area contributed by atoms with Gasteiger partial charge in [0.25, 0.3) is 15.9 Å². The summed E-state index contributed by atoms with van der Waals surface area (Å²) in [7, 11) is -8.00. The van der Waals surface area contributed by atoms with E-state index in [1.807, 2.05) is 6.92 Å². The molecule has 1 aromatic rings. The number of hydrogen-bond donors (Lipinski definition) is 4. The zero-order chi connectivity index (χ0) is 19.7. The molecule has 11 nitrogen and oxygen atoms in total. The molecule has 0 aromatic carbocycles. The Kier molecular flexibility index (Phi) is 6.40. The fourth-order valence-corrected chi connectivity index (χ4v) is 7.49. The van der Waals surface area contributed by atoms with Crippen LogP contribution in [0.3, 0.4) is 0 Å². The van der Waals surface area contributed by atoms with Gasteiger partial charge >= 0.3 is 0 Å². The molecule has 0 radical (unpaired) electrons. The number of amides is 1. The quantitative estimate of drug-likeness (QED) is 0.426. The van der Waals surface area contributed by atoms with E-state index in [4.69, 9.17) is 10.4 Å². The van der Waals surface area contributed by atoms with Crippen molar-refractivity contribution in [1.29, 1.82) is 0 Å². The maximum atomic E-state index is 12.5. The highest BCUT2D eigenvalue weighted by molar-refractivity contribution is 7.95. The van der Waals surface area contributed by atoms with Gasteiger partial charge in [0.1, 0.15) is 8.42 Å². The molecule has 14 heteroatoms. The van der Waals surface area contributed by atoms with Crippen LogP contribution in [0.25, 0.3) is 0 Å². The second-order valence-electron chi connectivity index (χ2n) is 5.56. The van der Waals surface area contributed by atoms with Gasteiger partial charge in [-0.1, -0.05) is 6.92 Å². The van der Waals surface area contributed by atoms with E-state index in [9.17, 15) is 21.6 Å². The molecule has 1 unspecified atom stereocenters. The van der Waals surface area contributed by atoms with Crippen LogP contribution in [0.5, 0.6) is 0 Å². The molecule has 0 bridgehead atoms. The number of hydrogen-bond acceptors (Lipinski definition) is 11. The minimum atomic E-state index is -4.34. The SMILES string of the molecule is CCN[C@H]1CC(C)S(=O)(=O)c2sc(S(=O)(=O)NC(=O)CON(O)O)cc21. The molecule has 0 saturated carbocycles. The van der Waals surface area contributed by atoms with Gasteiger partial charge in [0.05, 0.1) is 10.6 Å². The van der Waals surface area contributed by atoms with Crippen LogP contribution in [0.2, 0.25) is 0 Å². The van der Waals surface area contributed by atoms with E-state index in [1.54, 1.807) is 11.6 Å². The van der Waals surface area contributed by atoms with E-state index in [2.05, 4.69) is 10.2 Å². The predicted octanol–water partition coefficient (Wildman–Crippen LogP) is -0.218. The first kappa shape index (κ1) is 21.2. The Hall–Kier alpha value is -1.13. The summed E-state index contributed by atoms with van der Waals surface area (Å²) in [5.41, 5.74) is 0.357. The summed E-state index contributed by atoms with van der Waals surface area (Å²) in [6.45, 7) is 3.02. The topological polar surface area (TPSA) is 162 Å². The van der Waals surface area contributed by atoms with Crippen LogP contribution in [-0.4, -0.2) is 56.9 Å². The molecular formula is C12H19N3O8S3. The van der Waals surface area contributed by atoms with Gasteiger partial charge in [-0.3, -0.25) is 15.2 Å². The van der Waals surface area contributed by atoms with Crippen LogP contribution in [0.15, 0.2) is 14.5 Å². The fourth-order valence-electron chi connectivity index (χ4n) is 2.52. The number of sulfone groups is 1. The molecule has 0 aliphatic carbocycles. The maximum Gasteiger partial charge on any atom is 0.273 e. The molecule has 1 aliphatic heterocycles. The highest BCUT2D eigenvalue weighted by atomic mass is 32.3. The molecule has 0 saturated heterocycles. The zero-order valence-electron chi connectivity index (χ0n) is 13.9. The summed E-state index contributed by atoms with van der Waals surface area (Å²) in [5.74, 6) is -1.16. The standard InChI is InChI=1S/C12H19N3O8S3/c1-3-13-9-4-7(2)25(19,20)12-8(9)5-11(24-12)26(21,22)14-10(16)6-23-15(17)18/h5,7,9,13,17-18H,3-4,6H2,1-2H3,(H,14,16)/t7?,9-/m0/s1. The Balaban J connectivity index is 2.35. The molecule has 26 heavy (non-hydrogen) atoms. The molecule has 4 N–H and O–H groups in total.